The van der Waals surface area contributed by atoms with Gasteiger partial charge < -0.3 is 10.2 Å². The summed E-state index contributed by atoms with van der Waals surface area (Å²) in [6, 6.07) is 6.07. The Hall–Kier alpha value is -1.13. The van der Waals surface area contributed by atoms with Crippen molar-refractivity contribution in [2.75, 3.05) is 38.1 Å². The van der Waals surface area contributed by atoms with Crippen molar-refractivity contribution in [2.24, 2.45) is 0 Å². The van der Waals surface area contributed by atoms with Crippen LogP contribution in [0.2, 0.25) is 0 Å². The molecule has 2 heterocycles. The molecule has 3 rings (SSSR count). The van der Waals surface area contributed by atoms with Crippen molar-refractivity contribution in [1.29, 1.82) is 0 Å². The smallest absolute Gasteiger partial charge is 0.125 e. The van der Waals surface area contributed by atoms with Gasteiger partial charge in [0.25, 0.3) is 0 Å². The van der Waals surface area contributed by atoms with Crippen LogP contribution in [0.1, 0.15) is 24.8 Å². The molecule has 3 nitrogen and oxygen atoms in total. The second-order valence-corrected chi connectivity index (χ2v) is 5.98. The third kappa shape index (κ3) is 2.96. The normalized spacial score (nSPS) is 23.7. The van der Waals surface area contributed by atoms with Gasteiger partial charge in [-0.15, -0.1) is 0 Å². The highest BCUT2D eigenvalue weighted by molar-refractivity contribution is 5.50. The Morgan fingerprint density at radius 1 is 1.20 bits per heavy atom. The van der Waals surface area contributed by atoms with E-state index in [0.29, 0.717) is 12.6 Å². The van der Waals surface area contributed by atoms with Crippen molar-refractivity contribution in [3.8, 4) is 0 Å². The molecule has 20 heavy (non-hydrogen) atoms. The summed E-state index contributed by atoms with van der Waals surface area (Å²) in [6.45, 7) is 5.29. The first kappa shape index (κ1) is 13.8. The van der Waals surface area contributed by atoms with Gasteiger partial charge in [-0.2, -0.15) is 0 Å². The van der Waals surface area contributed by atoms with Crippen molar-refractivity contribution in [3.63, 3.8) is 0 Å². The Morgan fingerprint density at radius 3 is 2.75 bits per heavy atom. The van der Waals surface area contributed by atoms with Gasteiger partial charge in [0.05, 0.1) is 0 Å². The quantitative estimate of drug-likeness (QED) is 0.910. The SMILES string of the molecule is CNCc1cc(F)cc(N2CCC(N3CCCC3)C2)c1. The van der Waals surface area contributed by atoms with Gasteiger partial charge >= 0.3 is 0 Å². The van der Waals surface area contributed by atoms with Crippen LogP contribution in [0, 0.1) is 5.82 Å². The molecule has 2 aliphatic heterocycles. The number of hydrogen-bond donors (Lipinski definition) is 1. The van der Waals surface area contributed by atoms with Gasteiger partial charge in [-0.1, -0.05) is 0 Å². The molecule has 4 heteroatoms. The summed E-state index contributed by atoms with van der Waals surface area (Å²) < 4.78 is 13.7. The zero-order valence-electron chi connectivity index (χ0n) is 12.2. The Balaban J connectivity index is 1.70. The predicted octanol–water partition coefficient (Wildman–Crippen LogP) is 2.22. The number of hydrogen-bond acceptors (Lipinski definition) is 3. The second kappa shape index (κ2) is 6.10. The summed E-state index contributed by atoms with van der Waals surface area (Å²) in [7, 11) is 1.89. The Morgan fingerprint density at radius 2 is 2.00 bits per heavy atom. The number of anilines is 1. The highest BCUT2D eigenvalue weighted by Crippen LogP contribution is 2.26. The van der Waals surface area contributed by atoms with E-state index in [2.05, 4.69) is 21.2 Å². The summed E-state index contributed by atoms with van der Waals surface area (Å²) in [5.41, 5.74) is 2.06. The minimum atomic E-state index is -0.127. The topological polar surface area (TPSA) is 18.5 Å². The minimum absolute atomic E-state index is 0.127. The lowest BCUT2D eigenvalue weighted by Gasteiger charge is -2.24. The number of nitrogens with one attached hydrogen (secondary N) is 1. The average Bonchev–Trinajstić information content (AvgIpc) is 3.10. The van der Waals surface area contributed by atoms with Crippen LogP contribution < -0.4 is 10.2 Å². The van der Waals surface area contributed by atoms with Crippen LogP contribution >= 0.6 is 0 Å². The molecule has 1 unspecified atom stereocenters. The number of nitrogens with zero attached hydrogens (tertiary/aromatic N) is 2. The van der Waals surface area contributed by atoms with Gasteiger partial charge in [-0.3, -0.25) is 4.90 Å². The highest BCUT2D eigenvalue weighted by Gasteiger charge is 2.29. The first-order valence-electron chi connectivity index (χ1n) is 7.69. The van der Waals surface area contributed by atoms with E-state index < -0.39 is 0 Å². The fraction of sp³-hybridized carbons (Fsp3) is 0.625. The maximum Gasteiger partial charge on any atom is 0.125 e. The molecule has 0 bridgehead atoms. The fourth-order valence-corrected chi connectivity index (χ4v) is 3.50. The standard InChI is InChI=1S/C16H24FN3/c1-18-11-13-8-14(17)10-16(9-13)20-7-4-15(12-20)19-5-2-3-6-19/h8-10,15,18H,2-7,11-12H2,1H3. The molecular weight excluding hydrogens is 253 g/mol. The molecule has 110 valence electrons. The predicted molar refractivity (Wildman–Crippen MR) is 80.6 cm³/mol. The van der Waals surface area contributed by atoms with Crippen molar-refractivity contribution in [1.82, 2.24) is 10.2 Å². The van der Waals surface area contributed by atoms with Gasteiger partial charge in [0.1, 0.15) is 5.82 Å². The summed E-state index contributed by atoms with van der Waals surface area (Å²) in [4.78, 5) is 4.94. The van der Waals surface area contributed by atoms with Crippen molar-refractivity contribution in [2.45, 2.75) is 31.8 Å². The molecule has 0 amide bonds. The summed E-state index contributed by atoms with van der Waals surface area (Å²) in [5.74, 6) is -0.127. The van der Waals surface area contributed by atoms with Crippen molar-refractivity contribution in [3.05, 3.63) is 29.6 Å². The Labute approximate surface area is 120 Å². The lowest BCUT2D eigenvalue weighted by Crippen LogP contribution is -2.35. The maximum absolute atomic E-state index is 13.7. The molecule has 0 radical (unpaired) electrons. The summed E-state index contributed by atoms with van der Waals surface area (Å²) >= 11 is 0. The molecule has 2 aliphatic rings. The number of likely N-dealkylation sites (tertiary alicyclic amines) is 1. The van der Waals surface area contributed by atoms with E-state index in [1.807, 2.05) is 7.05 Å². The zero-order chi connectivity index (χ0) is 13.9. The number of halogens is 1. The first-order chi connectivity index (χ1) is 9.76. The van der Waals surface area contributed by atoms with Crippen LogP contribution in [0.5, 0.6) is 0 Å². The second-order valence-electron chi connectivity index (χ2n) is 5.98. The average molecular weight is 277 g/mol. The fourth-order valence-electron chi connectivity index (χ4n) is 3.50. The van der Waals surface area contributed by atoms with Crippen LogP contribution in [0.15, 0.2) is 18.2 Å². The van der Waals surface area contributed by atoms with E-state index in [1.165, 1.54) is 32.4 Å². The molecule has 0 spiro atoms. The highest BCUT2D eigenvalue weighted by atomic mass is 19.1. The molecular formula is C16H24FN3. The summed E-state index contributed by atoms with van der Waals surface area (Å²) in [6.07, 6.45) is 3.88. The molecule has 1 aromatic carbocycles. The maximum atomic E-state index is 13.7. The van der Waals surface area contributed by atoms with Gasteiger partial charge in [0.15, 0.2) is 0 Å². The van der Waals surface area contributed by atoms with E-state index >= 15 is 0 Å². The van der Waals surface area contributed by atoms with Crippen LogP contribution in [0.3, 0.4) is 0 Å². The van der Waals surface area contributed by atoms with Crippen LogP contribution in [0.4, 0.5) is 10.1 Å². The Bertz CT molecular complexity index is 457. The zero-order valence-corrected chi connectivity index (χ0v) is 12.2. The van der Waals surface area contributed by atoms with Gasteiger partial charge in [-0.25, -0.2) is 4.39 Å². The van der Waals surface area contributed by atoms with E-state index in [-0.39, 0.29) is 5.82 Å². The monoisotopic (exact) mass is 277 g/mol. The third-order valence-electron chi connectivity index (χ3n) is 4.51. The van der Waals surface area contributed by atoms with Gasteiger partial charge in [0.2, 0.25) is 0 Å². The van der Waals surface area contributed by atoms with Crippen molar-refractivity contribution >= 4 is 5.69 Å². The number of benzene rings is 1. The lowest BCUT2D eigenvalue weighted by atomic mass is 10.2. The van der Waals surface area contributed by atoms with E-state index in [4.69, 9.17) is 0 Å². The van der Waals surface area contributed by atoms with Crippen LogP contribution in [-0.2, 0) is 6.54 Å². The molecule has 1 N–H and O–H groups in total. The van der Waals surface area contributed by atoms with Gasteiger partial charge in [0, 0.05) is 31.4 Å². The molecule has 0 aromatic heterocycles. The molecule has 1 aromatic rings. The largest absolute Gasteiger partial charge is 0.370 e. The molecule has 0 aliphatic carbocycles. The van der Waals surface area contributed by atoms with E-state index in [1.54, 1.807) is 12.1 Å². The van der Waals surface area contributed by atoms with E-state index in [9.17, 15) is 4.39 Å². The minimum Gasteiger partial charge on any atom is -0.370 e. The summed E-state index contributed by atoms with van der Waals surface area (Å²) in [5, 5.41) is 3.09. The van der Waals surface area contributed by atoms with Crippen LogP contribution in [0.25, 0.3) is 0 Å². The molecule has 2 saturated heterocycles. The van der Waals surface area contributed by atoms with Crippen LogP contribution in [-0.4, -0.2) is 44.2 Å². The van der Waals surface area contributed by atoms with E-state index in [0.717, 1.165) is 24.3 Å². The molecule has 2 fully saturated rings. The van der Waals surface area contributed by atoms with Crippen molar-refractivity contribution < 1.29 is 4.39 Å². The lowest BCUT2D eigenvalue weighted by molar-refractivity contribution is 0.260. The third-order valence-corrected chi connectivity index (χ3v) is 4.51. The Kier molecular flexibility index (Phi) is 4.22. The number of rotatable bonds is 4. The van der Waals surface area contributed by atoms with Gasteiger partial charge in [-0.05, 0) is 63.2 Å². The molecule has 0 saturated carbocycles. The first-order valence-corrected chi connectivity index (χ1v) is 7.69. The molecule has 1 atom stereocenters.